The number of carbonyl (C=O) groups is 1. The molecule has 2 aromatic rings. The summed E-state index contributed by atoms with van der Waals surface area (Å²) in [5, 5.41) is 20.1. The minimum absolute atomic E-state index is 0.0422. The van der Waals surface area contributed by atoms with E-state index in [-0.39, 0.29) is 50.2 Å². The summed E-state index contributed by atoms with van der Waals surface area (Å²) in [6.07, 6.45) is 14.5. The van der Waals surface area contributed by atoms with Crippen molar-refractivity contribution in [2.45, 2.75) is 146 Å². The van der Waals surface area contributed by atoms with Crippen LogP contribution in [0.15, 0.2) is 42.5 Å². The molecule has 4 aliphatic carbocycles. The number of aromatic nitrogens is 4. The van der Waals surface area contributed by atoms with Gasteiger partial charge in [0.15, 0.2) is 5.82 Å². The summed E-state index contributed by atoms with van der Waals surface area (Å²) >= 11 is 0. The molecule has 0 radical (unpaired) electrons. The number of pyridine rings is 1. The van der Waals surface area contributed by atoms with Crippen LogP contribution in [0.3, 0.4) is 0 Å². The van der Waals surface area contributed by atoms with Gasteiger partial charge >= 0.3 is 5.97 Å². The van der Waals surface area contributed by atoms with Crippen LogP contribution >= 0.6 is 0 Å². The number of ether oxygens (including phenoxy) is 2. The van der Waals surface area contributed by atoms with Crippen LogP contribution in [0.1, 0.15) is 134 Å². The molecule has 1 aliphatic heterocycles. The Morgan fingerprint density at radius 2 is 1.77 bits per heavy atom. The van der Waals surface area contributed by atoms with Crippen LogP contribution < -0.4 is 5.32 Å². The molecule has 9 nitrogen and oxygen atoms in total. The van der Waals surface area contributed by atoms with Gasteiger partial charge < -0.3 is 19.9 Å². The molecule has 0 aromatic carbocycles. The zero-order valence-electron chi connectivity index (χ0n) is 36.7. The highest BCUT2D eigenvalue weighted by molar-refractivity contribution is 5.73. The molecule has 2 N–H and O–H groups in total. The second kappa shape index (κ2) is 14.3. The molecule has 0 amide bonds. The molecule has 56 heavy (non-hydrogen) atoms. The molecular weight excluding hydrogens is 699 g/mol. The minimum Gasteiger partial charge on any atom is -0.481 e. The quantitative estimate of drug-likeness (QED) is 0.217. The van der Waals surface area contributed by atoms with Crippen LogP contribution in [-0.4, -0.2) is 68.8 Å². The van der Waals surface area contributed by atoms with Crippen LogP contribution in [0, 0.1) is 62.1 Å². The molecule has 12 atom stereocenters. The smallest absolute Gasteiger partial charge is 0.307 e. The standard InChI is InChI=1S/C47H73N5O4/c1-13-22-50-46(12,41(5,6)7)27-56-38-35(52-39(49-29-51-52)32-17-23-48-24-18-32)25-47-28-55-26-43(38,9)36(47)15-14-33-34(47)16-19-45(11)37(40(53)54)42(8,31(4)30(2)3)20-21-44(33,45)10/h16-18,23-24,29-31,33,35-38,50H,13-15,19-22,25-28H2,1-12H3,(H,53,54)/t31-,33+,35-,36+,37-,38+,42-,43+,44-,45+,46+,47?/m1/s1. The summed E-state index contributed by atoms with van der Waals surface area (Å²) < 4.78 is 16.5. The van der Waals surface area contributed by atoms with Gasteiger partial charge in [-0.2, -0.15) is 5.10 Å². The maximum atomic E-state index is 13.6. The highest BCUT2D eigenvalue weighted by Gasteiger charge is 2.72. The molecule has 310 valence electrons. The van der Waals surface area contributed by atoms with Crippen LogP contribution in [0.4, 0.5) is 0 Å². The first kappa shape index (κ1) is 41.5. The van der Waals surface area contributed by atoms with Crippen molar-refractivity contribution >= 4 is 5.97 Å². The molecule has 0 spiro atoms. The van der Waals surface area contributed by atoms with Gasteiger partial charge in [-0.3, -0.25) is 9.78 Å². The van der Waals surface area contributed by atoms with Crippen molar-refractivity contribution in [2.24, 2.45) is 62.1 Å². The summed E-state index contributed by atoms with van der Waals surface area (Å²) in [7, 11) is 0. The molecule has 4 fully saturated rings. The normalized spacial score (nSPS) is 39.8. The van der Waals surface area contributed by atoms with Crippen LogP contribution in [0.2, 0.25) is 0 Å². The third-order valence-electron chi connectivity index (χ3n) is 17.9. The molecule has 1 unspecified atom stereocenters. The maximum absolute atomic E-state index is 13.6. The third-order valence-corrected chi connectivity index (χ3v) is 17.9. The molecule has 3 heterocycles. The lowest BCUT2D eigenvalue weighted by molar-refractivity contribution is -0.254. The van der Waals surface area contributed by atoms with Gasteiger partial charge in [-0.05, 0) is 116 Å². The number of rotatable bonds is 11. The van der Waals surface area contributed by atoms with Gasteiger partial charge in [-0.25, -0.2) is 9.67 Å². The van der Waals surface area contributed by atoms with Crippen molar-refractivity contribution in [2.75, 3.05) is 26.4 Å². The van der Waals surface area contributed by atoms with E-state index in [4.69, 9.17) is 19.6 Å². The predicted octanol–water partition coefficient (Wildman–Crippen LogP) is 9.66. The molecule has 2 bridgehead atoms. The summed E-state index contributed by atoms with van der Waals surface area (Å²) in [4.78, 5) is 22.8. The lowest BCUT2D eigenvalue weighted by atomic mass is 9.34. The second-order valence-corrected chi connectivity index (χ2v) is 21.6. The van der Waals surface area contributed by atoms with E-state index in [0.29, 0.717) is 43.5 Å². The lowest BCUT2D eigenvalue weighted by Crippen LogP contribution is -2.69. The van der Waals surface area contributed by atoms with Crippen molar-refractivity contribution in [1.82, 2.24) is 25.1 Å². The van der Waals surface area contributed by atoms with Crippen molar-refractivity contribution in [3.05, 3.63) is 42.5 Å². The Morgan fingerprint density at radius 3 is 2.41 bits per heavy atom. The maximum Gasteiger partial charge on any atom is 0.307 e. The topological polar surface area (TPSA) is 111 Å². The zero-order valence-corrected chi connectivity index (χ0v) is 36.7. The molecule has 7 rings (SSSR count). The fraction of sp³-hybridized carbons (Fsp3) is 0.787. The molecule has 1 saturated heterocycles. The van der Waals surface area contributed by atoms with Crippen molar-refractivity contribution in [1.29, 1.82) is 0 Å². The van der Waals surface area contributed by atoms with Gasteiger partial charge in [-0.15, -0.1) is 0 Å². The van der Waals surface area contributed by atoms with E-state index in [1.165, 1.54) is 5.57 Å². The third kappa shape index (κ3) is 6.00. The second-order valence-electron chi connectivity index (χ2n) is 21.6. The monoisotopic (exact) mass is 772 g/mol. The van der Waals surface area contributed by atoms with Gasteiger partial charge in [0.2, 0.25) is 0 Å². The zero-order chi connectivity index (χ0) is 40.7. The average molecular weight is 772 g/mol. The summed E-state index contributed by atoms with van der Waals surface area (Å²) in [5.74, 6) is 1.19. The minimum atomic E-state index is -0.617. The Balaban J connectivity index is 1.35. The largest absolute Gasteiger partial charge is 0.481 e. The average Bonchev–Trinajstić information content (AvgIpc) is 3.63. The number of nitrogens with one attached hydrogen (secondary N) is 1. The Hall–Kier alpha value is -2.62. The van der Waals surface area contributed by atoms with E-state index in [2.05, 4.69) is 104 Å². The van der Waals surface area contributed by atoms with Crippen molar-refractivity contribution < 1.29 is 19.4 Å². The number of hydrogen-bond acceptors (Lipinski definition) is 7. The summed E-state index contributed by atoms with van der Waals surface area (Å²) in [6.45, 7) is 30.7. The summed E-state index contributed by atoms with van der Waals surface area (Å²) in [5.41, 5.74) is 0.931. The number of carboxylic acids is 1. The van der Waals surface area contributed by atoms with E-state index in [0.717, 1.165) is 62.9 Å². The van der Waals surface area contributed by atoms with Crippen molar-refractivity contribution in [3.63, 3.8) is 0 Å². The van der Waals surface area contributed by atoms with Gasteiger partial charge in [0.1, 0.15) is 6.33 Å². The van der Waals surface area contributed by atoms with E-state index < -0.39 is 11.9 Å². The van der Waals surface area contributed by atoms with Crippen LogP contribution in [-0.2, 0) is 14.3 Å². The molecule has 3 saturated carbocycles. The Kier molecular flexibility index (Phi) is 10.6. The molecule has 9 heteroatoms. The molecule has 2 aromatic heterocycles. The predicted molar refractivity (Wildman–Crippen MR) is 222 cm³/mol. The van der Waals surface area contributed by atoms with Gasteiger partial charge in [0.25, 0.3) is 0 Å². The first-order chi connectivity index (χ1) is 26.2. The Bertz CT molecular complexity index is 1790. The highest BCUT2D eigenvalue weighted by atomic mass is 16.5. The first-order valence-corrected chi connectivity index (χ1v) is 21.9. The van der Waals surface area contributed by atoms with Crippen LogP contribution in [0.25, 0.3) is 11.4 Å². The Labute approximate surface area is 337 Å². The van der Waals surface area contributed by atoms with E-state index >= 15 is 0 Å². The fourth-order valence-electron chi connectivity index (χ4n) is 13.5. The van der Waals surface area contributed by atoms with E-state index in [1.54, 1.807) is 6.33 Å². The number of carboxylic acid groups (broad SMARTS) is 1. The Morgan fingerprint density at radius 1 is 1.05 bits per heavy atom. The number of aliphatic carboxylic acids is 1. The summed E-state index contributed by atoms with van der Waals surface area (Å²) in [6, 6.07) is 3.96. The van der Waals surface area contributed by atoms with E-state index in [9.17, 15) is 9.90 Å². The first-order valence-electron chi connectivity index (χ1n) is 21.9. The fourth-order valence-corrected chi connectivity index (χ4v) is 13.5. The van der Waals surface area contributed by atoms with Gasteiger partial charge in [-0.1, -0.05) is 87.8 Å². The molecular formula is C47H73N5O4. The number of allylic oxidation sites excluding steroid dienone is 1. The van der Waals surface area contributed by atoms with Gasteiger partial charge in [0.05, 0.1) is 37.9 Å². The SMILES string of the molecule is CCCN[C@@](C)(CO[C@H]1[C@H](n2ncnc2-c2ccncc2)CC23COC[C@@]1(C)[C@@H]2CC[C@H]1C3=CC[C@@]2(C)[C@H](C(=O)O)[C@@](C)([C@H](C)C(C)C)CC[C@]12C)C(C)(C)C. The highest BCUT2D eigenvalue weighted by Crippen LogP contribution is 2.75. The number of hydrogen-bond donors (Lipinski definition) is 2. The lowest BCUT2D eigenvalue weighted by Gasteiger charge is -2.71. The number of fused-ring (bicyclic) bond motifs is 3. The van der Waals surface area contributed by atoms with Crippen LogP contribution in [0.5, 0.6) is 0 Å². The number of nitrogens with zero attached hydrogens (tertiary/aromatic N) is 4. The van der Waals surface area contributed by atoms with E-state index in [1.807, 2.05) is 24.5 Å². The van der Waals surface area contributed by atoms with Crippen molar-refractivity contribution in [3.8, 4) is 11.4 Å². The molecule has 5 aliphatic rings. The van der Waals surface area contributed by atoms with Gasteiger partial charge in [0, 0.05) is 34.3 Å².